The van der Waals surface area contributed by atoms with Crippen molar-refractivity contribution in [2.24, 2.45) is 11.8 Å². The van der Waals surface area contributed by atoms with Gasteiger partial charge in [0.1, 0.15) is 0 Å². The fourth-order valence-corrected chi connectivity index (χ4v) is 4.16. The molecule has 0 saturated carbocycles. The molecule has 5 heteroatoms. The molecule has 2 heterocycles. The van der Waals surface area contributed by atoms with Gasteiger partial charge in [-0.15, -0.1) is 0 Å². The number of rotatable bonds is 2. The van der Waals surface area contributed by atoms with Gasteiger partial charge in [0.2, 0.25) is 5.91 Å². The molecule has 1 aliphatic carbocycles. The number of nitrogens with one attached hydrogen (secondary N) is 1. The molecule has 1 aromatic heterocycles. The van der Waals surface area contributed by atoms with Gasteiger partial charge in [-0.2, -0.15) is 0 Å². The number of aromatic amines is 1. The van der Waals surface area contributed by atoms with Gasteiger partial charge in [-0.05, 0) is 35.9 Å². The first-order chi connectivity index (χ1) is 12.7. The Bertz CT molecular complexity index is 1050. The highest BCUT2D eigenvalue weighted by Gasteiger charge is 2.47. The van der Waals surface area contributed by atoms with Crippen molar-refractivity contribution >= 4 is 34.2 Å². The highest BCUT2D eigenvalue weighted by molar-refractivity contribution is 6.30. The predicted molar refractivity (Wildman–Crippen MR) is 103 cm³/mol. The highest BCUT2D eigenvalue weighted by atomic mass is 35.5. The van der Waals surface area contributed by atoms with Crippen LogP contribution in [0.3, 0.4) is 0 Å². The summed E-state index contributed by atoms with van der Waals surface area (Å²) in [4.78, 5) is 22.6. The maximum atomic E-state index is 13.3. The molecule has 128 valence electrons. The SMILES string of the molecule is O=C1C2C=CC=CC2C(c2ccc(Cl)cc2)N1c1ccc2nc[nH]c2c1. The molecule has 26 heavy (non-hydrogen) atoms. The second-order valence-corrected chi connectivity index (χ2v) is 7.12. The van der Waals surface area contributed by atoms with Crippen LogP contribution in [-0.2, 0) is 4.79 Å². The Labute approximate surface area is 155 Å². The Morgan fingerprint density at radius 1 is 1.04 bits per heavy atom. The quantitative estimate of drug-likeness (QED) is 0.721. The molecule has 1 amide bonds. The summed E-state index contributed by atoms with van der Waals surface area (Å²) >= 11 is 6.07. The Morgan fingerprint density at radius 2 is 1.85 bits per heavy atom. The zero-order chi connectivity index (χ0) is 17.7. The number of imidazole rings is 1. The highest BCUT2D eigenvalue weighted by Crippen LogP contribution is 2.47. The third kappa shape index (κ3) is 2.30. The molecule has 0 spiro atoms. The van der Waals surface area contributed by atoms with E-state index in [4.69, 9.17) is 11.6 Å². The van der Waals surface area contributed by atoms with E-state index in [2.05, 4.69) is 16.0 Å². The zero-order valence-corrected chi connectivity index (χ0v) is 14.6. The van der Waals surface area contributed by atoms with Crippen molar-refractivity contribution in [3.63, 3.8) is 0 Å². The maximum absolute atomic E-state index is 13.3. The van der Waals surface area contributed by atoms with E-state index in [-0.39, 0.29) is 23.8 Å². The fourth-order valence-electron chi connectivity index (χ4n) is 4.04. The molecule has 3 aromatic rings. The number of anilines is 1. The lowest BCUT2D eigenvalue weighted by Gasteiger charge is -2.28. The first-order valence-electron chi connectivity index (χ1n) is 8.59. The van der Waals surface area contributed by atoms with Crippen LogP contribution in [0.2, 0.25) is 5.02 Å². The van der Waals surface area contributed by atoms with Gasteiger partial charge in [0, 0.05) is 16.6 Å². The van der Waals surface area contributed by atoms with Crippen molar-refractivity contribution < 1.29 is 4.79 Å². The van der Waals surface area contributed by atoms with Crippen LogP contribution in [0.15, 0.2) is 73.1 Å². The molecule has 2 aromatic carbocycles. The molecular weight excluding hydrogens is 346 g/mol. The van der Waals surface area contributed by atoms with Crippen molar-refractivity contribution in [2.45, 2.75) is 6.04 Å². The van der Waals surface area contributed by atoms with Crippen LogP contribution in [-0.4, -0.2) is 15.9 Å². The molecule has 3 unspecified atom stereocenters. The van der Waals surface area contributed by atoms with E-state index in [0.717, 1.165) is 22.3 Å². The number of carbonyl (C=O) groups excluding carboxylic acids is 1. The van der Waals surface area contributed by atoms with E-state index in [0.29, 0.717) is 5.02 Å². The summed E-state index contributed by atoms with van der Waals surface area (Å²) in [5.41, 5.74) is 3.77. The van der Waals surface area contributed by atoms with E-state index >= 15 is 0 Å². The molecule has 1 aliphatic heterocycles. The van der Waals surface area contributed by atoms with Crippen molar-refractivity contribution in [1.82, 2.24) is 9.97 Å². The zero-order valence-electron chi connectivity index (χ0n) is 13.8. The first kappa shape index (κ1) is 15.4. The lowest BCUT2D eigenvalue weighted by molar-refractivity contribution is -0.119. The van der Waals surface area contributed by atoms with Crippen LogP contribution >= 0.6 is 11.6 Å². The van der Waals surface area contributed by atoms with Gasteiger partial charge in [-0.25, -0.2) is 4.98 Å². The minimum Gasteiger partial charge on any atom is -0.345 e. The minimum atomic E-state index is -0.141. The summed E-state index contributed by atoms with van der Waals surface area (Å²) in [6.07, 6.45) is 9.79. The average Bonchev–Trinajstić information content (AvgIpc) is 3.25. The first-order valence-corrected chi connectivity index (χ1v) is 8.97. The number of carbonyl (C=O) groups is 1. The summed E-state index contributed by atoms with van der Waals surface area (Å²) in [6.45, 7) is 0. The van der Waals surface area contributed by atoms with E-state index in [1.807, 2.05) is 65.6 Å². The number of hydrogen-bond donors (Lipinski definition) is 1. The molecule has 3 atom stereocenters. The van der Waals surface area contributed by atoms with Gasteiger partial charge >= 0.3 is 0 Å². The predicted octanol–water partition coefficient (Wildman–Crippen LogP) is 4.66. The molecule has 1 saturated heterocycles. The van der Waals surface area contributed by atoms with Crippen molar-refractivity contribution in [3.8, 4) is 0 Å². The number of allylic oxidation sites excluding steroid dienone is 2. The number of benzene rings is 2. The number of halogens is 1. The second kappa shape index (κ2) is 5.85. The molecule has 1 N–H and O–H groups in total. The third-order valence-electron chi connectivity index (χ3n) is 5.24. The minimum absolute atomic E-state index is 0.0636. The smallest absolute Gasteiger partial charge is 0.235 e. The molecule has 0 radical (unpaired) electrons. The van der Waals surface area contributed by atoms with Crippen molar-refractivity contribution in [1.29, 1.82) is 0 Å². The lowest BCUT2D eigenvalue weighted by Crippen LogP contribution is -2.29. The van der Waals surface area contributed by atoms with Gasteiger partial charge in [0.05, 0.1) is 29.3 Å². The monoisotopic (exact) mass is 361 g/mol. The van der Waals surface area contributed by atoms with Crippen LogP contribution < -0.4 is 4.90 Å². The van der Waals surface area contributed by atoms with Crippen molar-refractivity contribution in [2.75, 3.05) is 4.90 Å². The normalized spacial score (nSPS) is 24.4. The van der Waals surface area contributed by atoms with Gasteiger partial charge in [-0.1, -0.05) is 48.0 Å². The summed E-state index contributed by atoms with van der Waals surface area (Å²) in [7, 11) is 0. The van der Waals surface area contributed by atoms with E-state index in [1.54, 1.807) is 6.33 Å². The van der Waals surface area contributed by atoms with Crippen LogP contribution in [0.4, 0.5) is 5.69 Å². The average molecular weight is 362 g/mol. The van der Waals surface area contributed by atoms with Crippen LogP contribution in [0.5, 0.6) is 0 Å². The Balaban J connectivity index is 1.66. The standard InChI is InChI=1S/C21H16ClN3O/c22-14-7-5-13(6-8-14)20-16-3-1-2-4-17(16)21(26)25(20)15-9-10-18-19(11-15)24-12-23-18/h1-12,16-17,20H,(H,23,24). The second-order valence-electron chi connectivity index (χ2n) is 6.68. The van der Waals surface area contributed by atoms with E-state index in [9.17, 15) is 4.79 Å². The van der Waals surface area contributed by atoms with Gasteiger partial charge in [-0.3, -0.25) is 4.79 Å². The Hall–Kier alpha value is -2.85. The summed E-state index contributed by atoms with van der Waals surface area (Å²) < 4.78 is 0. The number of fused-ring (bicyclic) bond motifs is 2. The molecule has 1 fully saturated rings. The molecule has 5 rings (SSSR count). The number of nitrogens with zero attached hydrogens (tertiary/aromatic N) is 2. The summed E-state index contributed by atoms with van der Waals surface area (Å²) in [5, 5.41) is 0.694. The molecular formula is C21H16ClN3O. The van der Waals surface area contributed by atoms with Crippen LogP contribution in [0, 0.1) is 11.8 Å². The summed E-state index contributed by atoms with van der Waals surface area (Å²) in [6, 6.07) is 13.6. The maximum Gasteiger partial charge on any atom is 0.235 e. The molecule has 4 nitrogen and oxygen atoms in total. The van der Waals surface area contributed by atoms with Gasteiger partial charge in [0.25, 0.3) is 0 Å². The van der Waals surface area contributed by atoms with E-state index in [1.165, 1.54) is 0 Å². The summed E-state index contributed by atoms with van der Waals surface area (Å²) in [5.74, 6) is 0.0821. The van der Waals surface area contributed by atoms with Gasteiger partial charge in [0.15, 0.2) is 0 Å². The molecule has 0 bridgehead atoms. The lowest BCUT2D eigenvalue weighted by atomic mass is 9.84. The third-order valence-corrected chi connectivity index (χ3v) is 5.49. The number of aromatic nitrogens is 2. The Kier molecular flexibility index (Phi) is 3.47. The van der Waals surface area contributed by atoms with E-state index < -0.39 is 0 Å². The van der Waals surface area contributed by atoms with Crippen LogP contribution in [0.25, 0.3) is 11.0 Å². The largest absolute Gasteiger partial charge is 0.345 e. The van der Waals surface area contributed by atoms with Crippen LogP contribution in [0.1, 0.15) is 11.6 Å². The fraction of sp³-hybridized carbons (Fsp3) is 0.143. The number of hydrogen-bond acceptors (Lipinski definition) is 2. The number of H-pyrrole nitrogens is 1. The number of amides is 1. The van der Waals surface area contributed by atoms with Crippen molar-refractivity contribution in [3.05, 3.63) is 83.7 Å². The topological polar surface area (TPSA) is 49.0 Å². The molecule has 2 aliphatic rings. The Morgan fingerprint density at radius 3 is 2.69 bits per heavy atom. The van der Waals surface area contributed by atoms with Gasteiger partial charge < -0.3 is 9.88 Å².